The third kappa shape index (κ3) is 16.1. The summed E-state index contributed by atoms with van der Waals surface area (Å²) >= 11 is 1.54. The van der Waals surface area contributed by atoms with Crippen LogP contribution in [0.3, 0.4) is 0 Å². The smallest absolute Gasteiger partial charge is 0.355 e. The Morgan fingerprint density at radius 3 is 2.33 bits per heavy atom. The van der Waals surface area contributed by atoms with Gasteiger partial charge in [-0.2, -0.15) is 0 Å². The molecule has 4 saturated carbocycles. The van der Waals surface area contributed by atoms with Crippen LogP contribution >= 0.6 is 11.3 Å². The van der Waals surface area contributed by atoms with E-state index in [9.17, 15) is 9.90 Å². The number of anilines is 4. The van der Waals surface area contributed by atoms with Crippen LogP contribution in [0.1, 0.15) is 107 Å². The minimum atomic E-state index is -1.17. The number of hydrogen-bond donors (Lipinski definition) is 6. The number of nitrogens with one attached hydrogen (secondary N) is 3. The summed E-state index contributed by atoms with van der Waals surface area (Å²) in [5.74, 6) is 7.03. The zero-order valence-electron chi connectivity index (χ0n) is 46.0. The third-order valence-corrected chi connectivity index (χ3v) is 15.8. The Balaban J connectivity index is 1.01. The van der Waals surface area contributed by atoms with Gasteiger partial charge in [0, 0.05) is 62.0 Å². The molecule has 0 spiro atoms. The molecule has 4 bridgehead atoms. The first-order valence-corrected chi connectivity index (χ1v) is 27.9. The van der Waals surface area contributed by atoms with Crippen molar-refractivity contribution in [3.05, 3.63) is 77.4 Å². The molecule has 0 amide bonds. The molecule has 8 rings (SSSR count). The molecule has 8 N–H and O–H groups in total. The van der Waals surface area contributed by atoms with Crippen molar-refractivity contribution in [2.24, 2.45) is 39.2 Å². The van der Waals surface area contributed by atoms with E-state index in [-0.39, 0.29) is 22.1 Å². The van der Waals surface area contributed by atoms with Crippen LogP contribution in [-0.4, -0.2) is 147 Å². The van der Waals surface area contributed by atoms with E-state index in [0.29, 0.717) is 129 Å². The highest BCUT2D eigenvalue weighted by Crippen LogP contribution is 2.66. The van der Waals surface area contributed by atoms with Crippen LogP contribution in [0.4, 0.5) is 22.6 Å². The van der Waals surface area contributed by atoms with Crippen LogP contribution in [0, 0.1) is 29.6 Å². The summed E-state index contributed by atoms with van der Waals surface area (Å²) in [7, 11) is 4.20. The van der Waals surface area contributed by atoms with Crippen LogP contribution in [0.15, 0.2) is 65.6 Å². The molecular formula is C56H84N12O7S. The van der Waals surface area contributed by atoms with Crippen molar-refractivity contribution >= 4 is 61.4 Å². The van der Waals surface area contributed by atoms with Crippen molar-refractivity contribution in [3.8, 4) is 0 Å². The number of rotatable bonds is 33. The largest absolute Gasteiger partial charge is 0.476 e. The van der Waals surface area contributed by atoms with Crippen molar-refractivity contribution in [2.75, 3.05) is 110 Å². The monoisotopic (exact) mass is 1070 g/mol. The molecule has 20 heteroatoms. The minimum Gasteiger partial charge on any atom is -0.476 e. The topological polar surface area (TPSA) is 242 Å². The normalized spacial score (nSPS) is 22.6. The van der Waals surface area contributed by atoms with Crippen LogP contribution in [0.2, 0.25) is 0 Å². The number of para-hydroxylation sites is 1. The molecule has 0 aliphatic heterocycles. The predicted octanol–water partition coefficient (Wildman–Crippen LogP) is 8.22. The zero-order chi connectivity index (χ0) is 54.1. The molecule has 19 nitrogen and oxygen atoms in total. The van der Waals surface area contributed by atoms with E-state index in [2.05, 4.69) is 59.1 Å². The highest BCUT2D eigenvalue weighted by Gasteiger charge is 2.60. The van der Waals surface area contributed by atoms with Crippen LogP contribution < -0.4 is 32.5 Å². The number of benzene rings is 1. The maximum atomic E-state index is 13.2. The second-order valence-electron chi connectivity index (χ2n) is 21.8. The van der Waals surface area contributed by atoms with Gasteiger partial charge in [0.2, 0.25) is 0 Å². The molecule has 4 aliphatic rings. The zero-order valence-corrected chi connectivity index (χ0v) is 46.8. The van der Waals surface area contributed by atoms with Crippen LogP contribution in [-0.2, 0) is 23.7 Å². The second kappa shape index (κ2) is 27.8. The van der Waals surface area contributed by atoms with Crippen LogP contribution in [0.5, 0.6) is 0 Å². The van der Waals surface area contributed by atoms with E-state index in [1.54, 1.807) is 6.07 Å². The number of carbonyl (C=O) groups is 1. The molecule has 3 heterocycles. The highest BCUT2D eigenvalue weighted by atomic mass is 32.1. The molecule has 0 radical (unpaired) electrons. The summed E-state index contributed by atoms with van der Waals surface area (Å²) in [5.41, 5.74) is 13.4. The van der Waals surface area contributed by atoms with E-state index >= 15 is 0 Å². The molecular weight excluding hydrogens is 985 g/mol. The number of pyridine rings is 1. The Labute approximate surface area is 453 Å². The first-order chi connectivity index (χ1) is 36.6. The summed E-state index contributed by atoms with van der Waals surface area (Å²) in [6.45, 7) is 18.2. The first kappa shape index (κ1) is 58.4. The number of aryl methyl sites for hydroxylation is 1. The lowest BCUT2D eigenvalue weighted by Gasteiger charge is -2.56. The molecule has 3 aromatic heterocycles. The number of aromatic nitrogens is 4. The number of allylic oxidation sites excluding steroid dienone is 1. The number of carboxylic acids is 1. The van der Waals surface area contributed by atoms with Crippen molar-refractivity contribution < 1.29 is 33.6 Å². The lowest BCUT2D eigenvalue weighted by Crippen LogP contribution is -2.52. The number of carboxylic acid groups (broad SMARTS) is 1. The Hall–Kier alpha value is -5.32. The Kier molecular flexibility index (Phi) is 21.4. The quantitative estimate of drug-likeness (QED) is 0.0114. The van der Waals surface area contributed by atoms with Gasteiger partial charge >= 0.3 is 5.97 Å². The number of fused-ring (bicyclic) bond motifs is 2. The van der Waals surface area contributed by atoms with Crippen molar-refractivity contribution in [3.63, 3.8) is 0 Å². The number of ether oxygens (including phenoxy) is 5. The summed E-state index contributed by atoms with van der Waals surface area (Å²) in [6, 6.07) is 13.5. The Morgan fingerprint density at radius 2 is 1.63 bits per heavy atom. The van der Waals surface area contributed by atoms with Gasteiger partial charge in [0.05, 0.1) is 74.4 Å². The Morgan fingerprint density at radius 1 is 0.895 bits per heavy atom. The summed E-state index contributed by atoms with van der Waals surface area (Å²) in [6.07, 6.45) is 12.5. The molecule has 1 aromatic carbocycles. The average molecular weight is 1070 g/mol. The van der Waals surface area contributed by atoms with E-state index in [0.717, 1.165) is 73.9 Å². The molecule has 4 aromatic rings. The number of hydrazine groups is 1. The standard InChI is InChI=1S/C56H84N12O7S/c1-8-71-22-23-72-24-25-73-26-27-74-35-43(64-58)34-59-18-12-9-13-19-68(49-28-39(2)51(66-65-49)63-53-61-46-14-10-11-15-47(46)76-53)48-17-16-44(50(62-48)52(69)70)45(32-57)40(3)60-33-42-30-55(5)36-54(4)29-41(42)31-56(37-54,38-55)75-21-20-67(6)7/h10-11,14-17,28,32,34,41-42,59,64H,8-9,12-13,18-27,29-31,33,35-38,57-58H2,1-7H3,(H,69,70)(H,61,63,66)/b43-34-,45-32+,60-40?. The van der Waals surface area contributed by atoms with Gasteiger partial charge in [-0.25, -0.2) is 14.8 Å². The molecule has 4 fully saturated rings. The maximum absolute atomic E-state index is 13.2. The fraction of sp³-hybridized carbons (Fsp3) is 0.607. The number of thiazole rings is 1. The summed E-state index contributed by atoms with van der Waals surface area (Å²) in [4.78, 5) is 32.1. The molecule has 0 saturated heterocycles. The predicted molar refractivity (Wildman–Crippen MR) is 302 cm³/mol. The van der Waals surface area contributed by atoms with Gasteiger partial charge in [-0.15, -0.1) is 10.2 Å². The van der Waals surface area contributed by atoms with Gasteiger partial charge in [0.15, 0.2) is 22.5 Å². The fourth-order valence-corrected chi connectivity index (χ4v) is 12.9. The fourth-order valence-electron chi connectivity index (χ4n) is 12.0. The number of unbranched alkanes of at least 4 members (excludes halogenated alkanes) is 2. The van der Waals surface area contributed by atoms with Crippen LogP contribution in [0.25, 0.3) is 15.8 Å². The number of aromatic carboxylic acids is 1. The molecule has 5 unspecified atom stereocenters. The number of likely N-dealkylation sites (N-methyl/N-ethyl adjacent to an activating group) is 1. The van der Waals surface area contributed by atoms with E-state index in [1.807, 2.05) is 68.3 Å². The van der Waals surface area contributed by atoms with Crippen molar-refractivity contribution in [1.29, 1.82) is 0 Å². The van der Waals surface area contributed by atoms with Gasteiger partial charge in [0.25, 0.3) is 0 Å². The van der Waals surface area contributed by atoms with Gasteiger partial charge < -0.3 is 60.4 Å². The van der Waals surface area contributed by atoms with E-state index in [1.165, 1.54) is 30.4 Å². The number of hydrogen-bond acceptors (Lipinski definition) is 19. The molecule has 76 heavy (non-hydrogen) atoms. The molecule has 5 atom stereocenters. The van der Waals surface area contributed by atoms with Crippen molar-refractivity contribution in [2.45, 2.75) is 98.0 Å². The lowest BCUT2D eigenvalue weighted by molar-refractivity contribution is -0.165. The third-order valence-electron chi connectivity index (χ3n) is 14.9. The average Bonchev–Trinajstić information content (AvgIpc) is 3.73. The number of nitrogens with zero attached hydrogens (tertiary/aromatic N) is 7. The second-order valence-corrected chi connectivity index (χ2v) is 22.8. The first-order valence-electron chi connectivity index (χ1n) is 27.1. The molecule has 416 valence electrons. The minimum absolute atomic E-state index is 0.0928. The van der Waals surface area contributed by atoms with Gasteiger partial charge in [-0.05, 0) is 151 Å². The van der Waals surface area contributed by atoms with Gasteiger partial charge in [0.1, 0.15) is 5.82 Å². The van der Waals surface area contributed by atoms with Gasteiger partial charge in [-0.3, -0.25) is 10.8 Å². The summed E-state index contributed by atoms with van der Waals surface area (Å²) in [5, 5.41) is 27.5. The maximum Gasteiger partial charge on any atom is 0.355 e. The summed E-state index contributed by atoms with van der Waals surface area (Å²) < 4.78 is 29.9. The highest BCUT2D eigenvalue weighted by molar-refractivity contribution is 7.22. The Bertz CT molecular complexity index is 2580. The lowest BCUT2D eigenvalue weighted by atomic mass is 9.53. The number of nitrogens with two attached hydrogens (primary N) is 2. The van der Waals surface area contributed by atoms with E-state index in [4.69, 9.17) is 50.2 Å². The molecule has 4 aliphatic carbocycles. The van der Waals surface area contributed by atoms with Gasteiger partial charge in [-0.1, -0.05) is 37.3 Å². The van der Waals surface area contributed by atoms with Crippen molar-refractivity contribution in [1.82, 2.24) is 35.8 Å². The number of aliphatic imine (C=N–C) groups is 1. The SMILES string of the molecule is CCOCCOCCOCCOC/C(=C/NCCCCCN(c1cc(C)c(Nc2nc3ccccc3s2)nn1)c1ccc(/C(=C/N)C(C)=NCC2CC3(C)CC4(C)CC2CC(OCCN(C)C)(C3)C4)c(C(=O)O)n1)NN. The van der Waals surface area contributed by atoms with E-state index < -0.39 is 5.97 Å².